The Labute approximate surface area is 196 Å². The van der Waals surface area contributed by atoms with Gasteiger partial charge < -0.3 is 10.1 Å². The normalized spacial score (nSPS) is 21.5. The molecular weight excluding hydrogens is 438 g/mol. The van der Waals surface area contributed by atoms with Gasteiger partial charge in [0.25, 0.3) is 5.91 Å². The Balaban J connectivity index is 1.13. The molecule has 2 atom stereocenters. The van der Waals surface area contributed by atoms with Crippen LogP contribution in [-0.4, -0.2) is 63.3 Å². The van der Waals surface area contributed by atoms with Crippen molar-refractivity contribution in [3.8, 4) is 5.75 Å². The van der Waals surface area contributed by atoms with Crippen molar-refractivity contribution in [3.63, 3.8) is 0 Å². The second-order valence-electron chi connectivity index (χ2n) is 8.85. The highest BCUT2D eigenvalue weighted by molar-refractivity contribution is 7.90. The maximum Gasteiger partial charge on any atom is 0.264 e. The Morgan fingerprint density at radius 3 is 2.42 bits per heavy atom. The molecular formula is C25H33N3O4S. The molecule has 8 heteroatoms. The van der Waals surface area contributed by atoms with Gasteiger partial charge in [0.05, 0.1) is 5.75 Å². The summed E-state index contributed by atoms with van der Waals surface area (Å²) in [5.41, 5.74) is 1.74. The van der Waals surface area contributed by atoms with E-state index in [0.717, 1.165) is 32.5 Å². The summed E-state index contributed by atoms with van der Waals surface area (Å²) in [6.45, 7) is 5.05. The highest BCUT2D eigenvalue weighted by Crippen LogP contribution is 2.41. The van der Waals surface area contributed by atoms with Gasteiger partial charge in [-0.05, 0) is 69.1 Å². The quantitative estimate of drug-likeness (QED) is 0.554. The summed E-state index contributed by atoms with van der Waals surface area (Å²) in [7, 11) is -3.57. The topological polar surface area (TPSA) is 87.7 Å². The lowest BCUT2D eigenvalue weighted by molar-refractivity contribution is 0.0981. The van der Waals surface area contributed by atoms with Crippen LogP contribution < -0.4 is 14.8 Å². The molecule has 2 aromatic rings. The first-order valence-corrected chi connectivity index (χ1v) is 13.4. The van der Waals surface area contributed by atoms with E-state index in [1.807, 2.05) is 4.72 Å². The number of nitrogens with one attached hydrogen (secondary N) is 2. The number of ether oxygens (including phenoxy) is 1. The Kier molecular flexibility index (Phi) is 7.67. The summed E-state index contributed by atoms with van der Waals surface area (Å²) in [5, 5.41) is 3.85. The van der Waals surface area contributed by atoms with Gasteiger partial charge in [0.1, 0.15) is 12.4 Å². The second-order valence-corrected chi connectivity index (χ2v) is 10.9. The number of likely N-dealkylation sites (tertiary alicyclic amines) is 1. The SMILES string of the molecule is CCS(=O)(=O)NC(=O)c1ccc(OCCN2CCC(N[C@@H]3C[C@H]3c3ccccc3)CC2)cc1. The molecule has 2 aromatic carbocycles. The van der Waals surface area contributed by atoms with Crippen LogP contribution in [0.15, 0.2) is 54.6 Å². The molecule has 0 spiro atoms. The maximum atomic E-state index is 12.0. The van der Waals surface area contributed by atoms with Crippen molar-refractivity contribution in [2.45, 2.75) is 44.2 Å². The fourth-order valence-corrected chi connectivity index (χ4v) is 4.89. The highest BCUT2D eigenvalue weighted by Gasteiger charge is 2.39. The smallest absolute Gasteiger partial charge is 0.264 e. The van der Waals surface area contributed by atoms with Crippen LogP contribution in [0.4, 0.5) is 0 Å². The van der Waals surface area contributed by atoms with Crippen molar-refractivity contribution >= 4 is 15.9 Å². The molecule has 1 amide bonds. The molecule has 1 saturated carbocycles. The van der Waals surface area contributed by atoms with Gasteiger partial charge in [-0.15, -0.1) is 0 Å². The van der Waals surface area contributed by atoms with Gasteiger partial charge in [-0.2, -0.15) is 0 Å². The number of nitrogens with zero attached hydrogens (tertiary/aromatic N) is 1. The molecule has 1 heterocycles. The van der Waals surface area contributed by atoms with E-state index in [1.54, 1.807) is 24.3 Å². The van der Waals surface area contributed by atoms with Crippen molar-refractivity contribution in [2.75, 3.05) is 32.0 Å². The van der Waals surface area contributed by atoms with E-state index in [0.29, 0.717) is 35.9 Å². The maximum absolute atomic E-state index is 12.0. The summed E-state index contributed by atoms with van der Waals surface area (Å²) >= 11 is 0. The number of amides is 1. The van der Waals surface area contributed by atoms with E-state index < -0.39 is 15.9 Å². The first-order valence-electron chi connectivity index (χ1n) is 11.7. The Bertz CT molecular complexity index is 1020. The van der Waals surface area contributed by atoms with Crippen LogP contribution in [0.3, 0.4) is 0 Å². The monoisotopic (exact) mass is 471 g/mol. The number of sulfonamides is 1. The van der Waals surface area contributed by atoms with Gasteiger partial charge in [-0.3, -0.25) is 9.69 Å². The molecule has 7 nitrogen and oxygen atoms in total. The number of benzene rings is 2. The van der Waals surface area contributed by atoms with Crippen LogP contribution in [0.5, 0.6) is 5.75 Å². The van der Waals surface area contributed by atoms with Gasteiger partial charge in [-0.25, -0.2) is 13.1 Å². The van der Waals surface area contributed by atoms with Crippen molar-refractivity contribution in [1.82, 2.24) is 14.9 Å². The van der Waals surface area contributed by atoms with Gasteiger partial charge in [0.2, 0.25) is 10.0 Å². The Morgan fingerprint density at radius 2 is 1.76 bits per heavy atom. The fraction of sp³-hybridized carbons (Fsp3) is 0.480. The molecule has 0 aromatic heterocycles. The summed E-state index contributed by atoms with van der Waals surface area (Å²) in [6.07, 6.45) is 3.55. The summed E-state index contributed by atoms with van der Waals surface area (Å²) in [4.78, 5) is 14.4. The summed E-state index contributed by atoms with van der Waals surface area (Å²) in [6, 6.07) is 18.5. The number of piperidine rings is 1. The van der Waals surface area contributed by atoms with Gasteiger partial charge in [0, 0.05) is 30.1 Å². The van der Waals surface area contributed by atoms with Crippen LogP contribution in [0.2, 0.25) is 0 Å². The molecule has 2 aliphatic rings. The standard InChI is InChI=1S/C25H33N3O4S/c1-2-33(30,31)27-25(29)20-8-10-22(11-9-20)32-17-16-28-14-12-21(13-15-28)26-24-18-23(24)19-6-4-3-5-7-19/h3-11,21,23-24,26H,2,12-18H2,1H3,(H,27,29)/t23-,24+/m0/s1. The van der Waals surface area contributed by atoms with Crippen LogP contribution in [-0.2, 0) is 10.0 Å². The summed E-state index contributed by atoms with van der Waals surface area (Å²) in [5.74, 6) is 0.580. The van der Waals surface area contributed by atoms with Crippen molar-refractivity contribution in [1.29, 1.82) is 0 Å². The van der Waals surface area contributed by atoms with Crippen LogP contribution in [0.1, 0.15) is 48.0 Å². The molecule has 0 unspecified atom stereocenters. The van der Waals surface area contributed by atoms with Crippen LogP contribution in [0.25, 0.3) is 0 Å². The molecule has 0 radical (unpaired) electrons. The lowest BCUT2D eigenvalue weighted by Gasteiger charge is -2.32. The van der Waals surface area contributed by atoms with Gasteiger partial charge in [-0.1, -0.05) is 30.3 Å². The third kappa shape index (κ3) is 6.79. The lowest BCUT2D eigenvalue weighted by Crippen LogP contribution is -2.44. The number of hydrogen-bond donors (Lipinski definition) is 2. The molecule has 1 aliphatic heterocycles. The molecule has 1 aliphatic carbocycles. The predicted molar refractivity (Wildman–Crippen MR) is 129 cm³/mol. The molecule has 178 valence electrons. The number of carbonyl (C=O) groups is 1. The van der Waals surface area contributed by atoms with E-state index >= 15 is 0 Å². The van der Waals surface area contributed by atoms with Crippen LogP contribution in [0, 0.1) is 0 Å². The molecule has 0 bridgehead atoms. The second kappa shape index (κ2) is 10.7. The first kappa shape index (κ1) is 23.7. The van der Waals surface area contributed by atoms with E-state index in [9.17, 15) is 13.2 Å². The largest absolute Gasteiger partial charge is 0.492 e. The summed E-state index contributed by atoms with van der Waals surface area (Å²) < 4.78 is 30.9. The molecule has 2 fully saturated rings. The van der Waals surface area contributed by atoms with Crippen molar-refractivity contribution in [3.05, 3.63) is 65.7 Å². The minimum Gasteiger partial charge on any atom is -0.492 e. The first-order chi connectivity index (χ1) is 15.9. The fourth-order valence-electron chi connectivity index (χ4n) is 4.34. The third-order valence-corrected chi connectivity index (χ3v) is 7.73. The van der Waals surface area contributed by atoms with E-state index in [1.165, 1.54) is 18.9 Å². The van der Waals surface area contributed by atoms with E-state index in [-0.39, 0.29) is 5.75 Å². The zero-order valence-electron chi connectivity index (χ0n) is 19.1. The molecule has 1 saturated heterocycles. The van der Waals surface area contributed by atoms with Gasteiger partial charge in [0.15, 0.2) is 0 Å². The Hall–Kier alpha value is -2.42. The zero-order chi connectivity index (χ0) is 23.3. The number of rotatable bonds is 10. The predicted octanol–water partition coefficient (Wildman–Crippen LogP) is 2.76. The third-order valence-electron chi connectivity index (χ3n) is 6.48. The number of hydrogen-bond acceptors (Lipinski definition) is 6. The molecule has 4 rings (SSSR count). The van der Waals surface area contributed by atoms with Crippen molar-refractivity contribution < 1.29 is 17.9 Å². The number of carbonyl (C=O) groups excluding carboxylic acids is 1. The average Bonchev–Trinajstić information content (AvgIpc) is 3.60. The highest BCUT2D eigenvalue weighted by atomic mass is 32.2. The van der Waals surface area contributed by atoms with E-state index in [4.69, 9.17) is 4.74 Å². The minimum absolute atomic E-state index is 0.137. The van der Waals surface area contributed by atoms with E-state index in [2.05, 4.69) is 40.5 Å². The Morgan fingerprint density at radius 1 is 1.06 bits per heavy atom. The zero-order valence-corrected chi connectivity index (χ0v) is 19.9. The van der Waals surface area contributed by atoms with Crippen molar-refractivity contribution in [2.24, 2.45) is 0 Å². The van der Waals surface area contributed by atoms with Crippen LogP contribution >= 0.6 is 0 Å². The minimum atomic E-state index is -3.57. The molecule has 33 heavy (non-hydrogen) atoms. The molecule has 2 N–H and O–H groups in total. The van der Waals surface area contributed by atoms with Gasteiger partial charge >= 0.3 is 0 Å². The lowest BCUT2D eigenvalue weighted by atomic mass is 10.0. The average molecular weight is 472 g/mol.